The van der Waals surface area contributed by atoms with Crippen molar-refractivity contribution in [2.75, 3.05) is 0 Å². The number of carbonyl (C=O) groups excluding carboxylic acids is 2. The molecule has 8 heteroatoms. The Bertz CT molecular complexity index is 1150. The molecule has 2 aromatic carbocycles. The van der Waals surface area contributed by atoms with Crippen molar-refractivity contribution in [3.8, 4) is 0 Å². The summed E-state index contributed by atoms with van der Waals surface area (Å²) in [6.07, 6.45) is 1.44. The Kier molecular flexibility index (Phi) is 4.89. The number of amides is 1. The number of benzene rings is 2. The fourth-order valence-electron chi connectivity index (χ4n) is 3.52. The number of aliphatic hydroxyl groups is 1. The molecule has 150 valence electrons. The number of hydrogen-bond donors (Lipinski definition) is 1. The van der Waals surface area contributed by atoms with E-state index in [1.54, 1.807) is 48.5 Å². The van der Waals surface area contributed by atoms with E-state index in [4.69, 9.17) is 4.42 Å². The van der Waals surface area contributed by atoms with Gasteiger partial charge in [-0.3, -0.25) is 19.7 Å². The molecule has 1 saturated heterocycles. The van der Waals surface area contributed by atoms with Gasteiger partial charge >= 0.3 is 0 Å². The summed E-state index contributed by atoms with van der Waals surface area (Å²) in [7, 11) is 0. The molecule has 0 bridgehead atoms. The molecule has 2 heterocycles. The Balaban J connectivity index is 1.89. The minimum absolute atomic E-state index is 0.0312. The van der Waals surface area contributed by atoms with E-state index in [2.05, 4.69) is 0 Å². The van der Waals surface area contributed by atoms with Gasteiger partial charge in [-0.15, -0.1) is 0 Å². The summed E-state index contributed by atoms with van der Waals surface area (Å²) >= 11 is 0. The maximum absolute atomic E-state index is 12.9. The molecule has 3 aromatic rings. The zero-order valence-electron chi connectivity index (χ0n) is 15.6. The summed E-state index contributed by atoms with van der Waals surface area (Å²) in [5.74, 6) is -1.58. The van der Waals surface area contributed by atoms with Crippen molar-refractivity contribution in [2.45, 2.75) is 12.6 Å². The summed E-state index contributed by atoms with van der Waals surface area (Å²) in [6, 6.07) is 16.3. The molecule has 8 nitrogen and oxygen atoms in total. The molecule has 1 aliphatic rings. The van der Waals surface area contributed by atoms with Crippen molar-refractivity contribution in [3.63, 3.8) is 0 Å². The van der Waals surface area contributed by atoms with Gasteiger partial charge in [0.2, 0.25) is 0 Å². The number of hydrogen-bond acceptors (Lipinski definition) is 6. The van der Waals surface area contributed by atoms with Crippen LogP contribution in [0.5, 0.6) is 0 Å². The number of furan rings is 1. The minimum Gasteiger partial charge on any atom is -0.507 e. The molecule has 1 atom stereocenters. The lowest BCUT2D eigenvalue weighted by Crippen LogP contribution is -2.29. The number of likely N-dealkylation sites (tertiary alicyclic amines) is 1. The lowest BCUT2D eigenvalue weighted by molar-refractivity contribution is -0.384. The maximum Gasteiger partial charge on any atom is 0.296 e. The third kappa shape index (κ3) is 3.35. The zero-order chi connectivity index (χ0) is 21.3. The van der Waals surface area contributed by atoms with Crippen molar-refractivity contribution >= 4 is 23.1 Å². The van der Waals surface area contributed by atoms with Gasteiger partial charge in [0.25, 0.3) is 17.4 Å². The molecular weight excluding hydrogens is 388 g/mol. The molecular formula is C22H16N2O6. The average Bonchev–Trinajstić information content (AvgIpc) is 3.36. The smallest absolute Gasteiger partial charge is 0.296 e. The van der Waals surface area contributed by atoms with Gasteiger partial charge in [-0.1, -0.05) is 42.5 Å². The predicted molar refractivity (Wildman–Crippen MR) is 106 cm³/mol. The standard InChI is InChI=1S/C22H16N2O6/c25-20(14-6-2-1-3-7-14)18-19(15-8-4-9-16(12-15)24(28)29)23(22(27)21(18)26)13-17-10-5-11-30-17/h1-12,19,25H,13H2/t19-/m1/s1. The molecule has 30 heavy (non-hydrogen) atoms. The Hall–Kier alpha value is -4.20. The van der Waals surface area contributed by atoms with Crippen molar-refractivity contribution < 1.29 is 24.0 Å². The normalized spacial score (nSPS) is 18.0. The van der Waals surface area contributed by atoms with Crippen molar-refractivity contribution in [1.29, 1.82) is 0 Å². The lowest BCUT2D eigenvalue weighted by atomic mass is 9.95. The molecule has 0 unspecified atom stereocenters. The van der Waals surface area contributed by atoms with Crippen molar-refractivity contribution in [2.24, 2.45) is 0 Å². The number of Topliss-reactive ketones (excluding diaryl/α,β-unsaturated/α-hetero) is 1. The van der Waals surface area contributed by atoms with E-state index in [1.807, 2.05) is 0 Å². The van der Waals surface area contributed by atoms with Crippen LogP contribution in [0.25, 0.3) is 5.76 Å². The molecule has 1 N–H and O–H groups in total. The van der Waals surface area contributed by atoms with E-state index < -0.39 is 22.7 Å². The van der Waals surface area contributed by atoms with E-state index in [9.17, 15) is 24.8 Å². The van der Waals surface area contributed by atoms with Gasteiger partial charge in [0.1, 0.15) is 11.5 Å². The van der Waals surface area contributed by atoms with Gasteiger partial charge < -0.3 is 14.4 Å². The number of nitro groups is 1. The summed E-state index contributed by atoms with van der Waals surface area (Å²) in [5.41, 5.74) is 0.394. The van der Waals surface area contributed by atoms with Gasteiger partial charge in [-0.2, -0.15) is 0 Å². The first-order valence-electron chi connectivity index (χ1n) is 9.08. The number of rotatable bonds is 5. The van der Waals surface area contributed by atoms with Gasteiger partial charge in [-0.25, -0.2) is 0 Å². The number of non-ortho nitro benzene ring substituents is 1. The van der Waals surface area contributed by atoms with Crippen LogP contribution in [0.15, 0.2) is 83.0 Å². The quantitative estimate of drug-likeness (QED) is 0.227. The molecule has 1 aromatic heterocycles. The molecule has 0 radical (unpaired) electrons. The Morgan fingerprint density at radius 2 is 1.83 bits per heavy atom. The van der Waals surface area contributed by atoms with Gasteiger partial charge in [0.15, 0.2) is 0 Å². The summed E-state index contributed by atoms with van der Waals surface area (Å²) in [6.45, 7) is -0.0312. The van der Waals surface area contributed by atoms with E-state index in [0.29, 0.717) is 16.9 Å². The van der Waals surface area contributed by atoms with E-state index >= 15 is 0 Å². The second kappa shape index (κ2) is 7.67. The fourth-order valence-corrected chi connectivity index (χ4v) is 3.52. The largest absolute Gasteiger partial charge is 0.507 e. The third-order valence-electron chi connectivity index (χ3n) is 4.89. The SMILES string of the molecule is O=C1C(=O)N(Cc2ccco2)[C@H](c2cccc([N+](=O)[O-])c2)C1=C(O)c1ccccc1. The van der Waals surface area contributed by atoms with Crippen LogP contribution in [0, 0.1) is 10.1 Å². The number of carbonyl (C=O) groups is 2. The van der Waals surface area contributed by atoms with Crippen LogP contribution in [-0.4, -0.2) is 26.6 Å². The van der Waals surface area contributed by atoms with Crippen LogP contribution < -0.4 is 0 Å². The Morgan fingerprint density at radius 3 is 2.50 bits per heavy atom. The molecule has 4 rings (SSSR count). The highest BCUT2D eigenvalue weighted by Gasteiger charge is 2.46. The highest BCUT2D eigenvalue weighted by Crippen LogP contribution is 2.41. The lowest BCUT2D eigenvalue weighted by Gasteiger charge is -2.24. The van der Waals surface area contributed by atoms with Crippen LogP contribution >= 0.6 is 0 Å². The number of nitrogens with zero attached hydrogens (tertiary/aromatic N) is 2. The van der Waals surface area contributed by atoms with Crippen LogP contribution in [-0.2, 0) is 16.1 Å². The van der Waals surface area contributed by atoms with Crippen LogP contribution in [0.2, 0.25) is 0 Å². The van der Waals surface area contributed by atoms with Crippen molar-refractivity contribution in [3.05, 3.63) is 106 Å². The molecule has 0 aliphatic carbocycles. The molecule has 0 saturated carbocycles. The van der Waals surface area contributed by atoms with E-state index in [1.165, 1.54) is 29.4 Å². The second-order valence-electron chi connectivity index (χ2n) is 6.72. The minimum atomic E-state index is -1.00. The predicted octanol–water partition coefficient (Wildman–Crippen LogP) is 3.81. The van der Waals surface area contributed by atoms with Crippen LogP contribution in [0.3, 0.4) is 0 Å². The number of aliphatic hydroxyl groups excluding tert-OH is 1. The van der Waals surface area contributed by atoms with E-state index in [0.717, 1.165) is 0 Å². The molecule has 0 spiro atoms. The van der Waals surface area contributed by atoms with Crippen LogP contribution in [0.4, 0.5) is 5.69 Å². The summed E-state index contributed by atoms with van der Waals surface area (Å²) in [4.78, 5) is 37.7. The number of ketones is 1. The summed E-state index contributed by atoms with van der Waals surface area (Å²) < 4.78 is 5.31. The van der Waals surface area contributed by atoms with Gasteiger partial charge in [0, 0.05) is 17.7 Å². The zero-order valence-corrected chi connectivity index (χ0v) is 15.6. The average molecular weight is 404 g/mol. The monoisotopic (exact) mass is 404 g/mol. The third-order valence-corrected chi connectivity index (χ3v) is 4.89. The van der Waals surface area contributed by atoms with Gasteiger partial charge in [0.05, 0.1) is 29.3 Å². The maximum atomic E-state index is 12.9. The topological polar surface area (TPSA) is 114 Å². The summed E-state index contributed by atoms with van der Waals surface area (Å²) in [5, 5.41) is 22.1. The van der Waals surface area contributed by atoms with E-state index in [-0.39, 0.29) is 23.6 Å². The Morgan fingerprint density at radius 1 is 1.07 bits per heavy atom. The molecule has 1 fully saturated rings. The van der Waals surface area contributed by atoms with Gasteiger partial charge in [-0.05, 0) is 17.7 Å². The number of nitro benzene ring substituents is 1. The highest BCUT2D eigenvalue weighted by atomic mass is 16.6. The molecule has 1 amide bonds. The first kappa shape index (κ1) is 19.1. The first-order valence-corrected chi connectivity index (χ1v) is 9.08. The van der Waals surface area contributed by atoms with Crippen LogP contribution in [0.1, 0.15) is 22.9 Å². The fraction of sp³-hybridized carbons (Fsp3) is 0.0909. The molecule has 1 aliphatic heterocycles. The first-order chi connectivity index (χ1) is 14.5. The second-order valence-corrected chi connectivity index (χ2v) is 6.72. The Labute approximate surface area is 170 Å². The van der Waals surface area contributed by atoms with Crippen molar-refractivity contribution in [1.82, 2.24) is 4.90 Å². The highest BCUT2D eigenvalue weighted by molar-refractivity contribution is 6.46.